The molecule has 1 N–H and O–H groups in total. The lowest BCUT2D eigenvalue weighted by atomic mass is 9.95. The van der Waals surface area contributed by atoms with E-state index in [0.29, 0.717) is 0 Å². The highest BCUT2D eigenvalue weighted by Crippen LogP contribution is 2.23. The summed E-state index contributed by atoms with van der Waals surface area (Å²) in [5.74, 6) is 0.867. The average molecular weight is 206 g/mol. The fourth-order valence-corrected chi connectivity index (χ4v) is 2.01. The van der Waals surface area contributed by atoms with E-state index in [0.717, 1.165) is 31.4 Å². The highest BCUT2D eigenvalue weighted by atomic mass is 16.5. The van der Waals surface area contributed by atoms with Gasteiger partial charge in [-0.2, -0.15) is 0 Å². The fourth-order valence-electron chi connectivity index (χ4n) is 2.01. The minimum absolute atomic E-state index is 0.0125. The Morgan fingerprint density at radius 3 is 2.47 bits per heavy atom. The zero-order valence-electron chi connectivity index (χ0n) is 9.15. The third kappa shape index (κ3) is 2.72. The van der Waals surface area contributed by atoms with Crippen LogP contribution in [0.15, 0.2) is 24.3 Å². The van der Waals surface area contributed by atoms with Crippen LogP contribution in [-0.4, -0.2) is 17.3 Å². The maximum atomic E-state index is 9.76. The van der Waals surface area contributed by atoms with Crippen molar-refractivity contribution in [2.75, 3.05) is 0 Å². The first-order valence-electron chi connectivity index (χ1n) is 5.67. The van der Waals surface area contributed by atoms with Crippen LogP contribution in [0.4, 0.5) is 0 Å². The van der Waals surface area contributed by atoms with E-state index in [2.05, 4.69) is 6.92 Å². The molecular formula is C13H18O2. The Bertz CT molecular complexity index is 305. The lowest BCUT2D eigenvalue weighted by Gasteiger charge is -2.28. The number of aryl methyl sites for hydroxylation is 1. The smallest absolute Gasteiger partial charge is 0.124 e. The molecule has 0 unspecified atom stereocenters. The Balaban J connectivity index is 1.98. The van der Waals surface area contributed by atoms with Crippen LogP contribution in [0.5, 0.6) is 5.75 Å². The van der Waals surface area contributed by atoms with Crippen LogP contribution < -0.4 is 4.74 Å². The van der Waals surface area contributed by atoms with Crippen molar-refractivity contribution in [3.8, 4) is 5.75 Å². The van der Waals surface area contributed by atoms with Crippen molar-refractivity contribution in [1.29, 1.82) is 0 Å². The number of hydrogen-bond donors (Lipinski definition) is 1. The van der Waals surface area contributed by atoms with E-state index in [9.17, 15) is 5.11 Å². The third-order valence-corrected chi connectivity index (χ3v) is 2.98. The molecule has 1 aromatic rings. The first-order chi connectivity index (χ1) is 7.25. The lowest BCUT2D eigenvalue weighted by molar-refractivity contribution is 0.00687. The largest absolute Gasteiger partial charge is 0.488 e. The molecule has 1 aliphatic carbocycles. The van der Waals surface area contributed by atoms with Gasteiger partial charge in [-0.25, -0.2) is 0 Å². The third-order valence-electron chi connectivity index (χ3n) is 2.98. The summed E-state index contributed by atoms with van der Waals surface area (Å²) in [7, 11) is 0. The van der Waals surface area contributed by atoms with Gasteiger partial charge in [0.2, 0.25) is 0 Å². The highest BCUT2D eigenvalue weighted by molar-refractivity contribution is 5.26. The summed E-state index contributed by atoms with van der Waals surface area (Å²) in [4.78, 5) is 0. The molecular weight excluding hydrogens is 188 g/mol. The van der Waals surface area contributed by atoms with E-state index >= 15 is 0 Å². The van der Waals surface area contributed by atoms with Gasteiger partial charge >= 0.3 is 0 Å². The summed E-state index contributed by atoms with van der Waals surface area (Å²) in [5.41, 5.74) is 1.23. The second-order valence-electron chi connectivity index (χ2n) is 4.32. The van der Waals surface area contributed by atoms with E-state index in [4.69, 9.17) is 4.74 Å². The van der Waals surface area contributed by atoms with Crippen molar-refractivity contribution in [3.63, 3.8) is 0 Å². The quantitative estimate of drug-likeness (QED) is 0.806. The van der Waals surface area contributed by atoms with E-state index in [1.807, 2.05) is 24.3 Å². The van der Waals surface area contributed by atoms with Gasteiger partial charge in [-0.1, -0.05) is 24.1 Å². The minimum atomic E-state index is -0.292. The van der Waals surface area contributed by atoms with Gasteiger partial charge in [0.25, 0.3) is 0 Å². The van der Waals surface area contributed by atoms with Gasteiger partial charge in [-0.15, -0.1) is 0 Å². The second kappa shape index (κ2) is 4.67. The predicted octanol–water partition coefficient (Wildman–Crippen LogP) is 2.68. The van der Waals surface area contributed by atoms with Gasteiger partial charge in [-0.3, -0.25) is 0 Å². The molecule has 2 nitrogen and oxygen atoms in total. The van der Waals surface area contributed by atoms with Crippen LogP contribution in [0.3, 0.4) is 0 Å². The number of hydrogen-bond acceptors (Lipinski definition) is 2. The maximum Gasteiger partial charge on any atom is 0.124 e. The molecule has 0 aromatic heterocycles. The molecule has 0 bridgehead atoms. The zero-order valence-corrected chi connectivity index (χ0v) is 9.15. The normalized spacial score (nSPS) is 26.3. The molecule has 0 heterocycles. The molecule has 15 heavy (non-hydrogen) atoms. The second-order valence-corrected chi connectivity index (χ2v) is 4.32. The van der Waals surface area contributed by atoms with Crippen molar-refractivity contribution in [1.82, 2.24) is 0 Å². The van der Waals surface area contributed by atoms with Gasteiger partial charge in [0, 0.05) is 0 Å². The number of aliphatic hydroxyl groups is 1. The predicted molar refractivity (Wildman–Crippen MR) is 60.1 cm³/mol. The van der Waals surface area contributed by atoms with Crippen molar-refractivity contribution >= 4 is 0 Å². The number of ether oxygens (including phenoxy) is 1. The molecule has 1 saturated carbocycles. The van der Waals surface area contributed by atoms with Crippen LogP contribution in [0, 0.1) is 6.92 Å². The topological polar surface area (TPSA) is 29.5 Å². The van der Waals surface area contributed by atoms with Crippen LogP contribution >= 0.6 is 0 Å². The monoisotopic (exact) mass is 206 g/mol. The maximum absolute atomic E-state index is 9.76. The number of rotatable bonds is 2. The van der Waals surface area contributed by atoms with Crippen LogP contribution in [0.2, 0.25) is 0 Å². The Kier molecular flexibility index (Phi) is 3.27. The van der Waals surface area contributed by atoms with Crippen LogP contribution in [0.25, 0.3) is 0 Å². The van der Waals surface area contributed by atoms with Crippen molar-refractivity contribution in [2.45, 2.75) is 44.8 Å². The molecule has 0 saturated heterocycles. The average Bonchev–Trinajstić information content (AvgIpc) is 2.25. The standard InChI is InChI=1S/C13H18O2/c1-10-6-8-11(9-7-10)15-13-5-3-2-4-12(13)14/h6-9,12-14H,2-5H2,1H3/t12-,13-/m1/s1. The molecule has 2 heteroatoms. The first-order valence-corrected chi connectivity index (χ1v) is 5.67. The Morgan fingerprint density at radius 1 is 1.13 bits per heavy atom. The van der Waals surface area contributed by atoms with E-state index in [1.54, 1.807) is 0 Å². The van der Waals surface area contributed by atoms with Gasteiger partial charge in [0.1, 0.15) is 11.9 Å². The van der Waals surface area contributed by atoms with E-state index in [1.165, 1.54) is 5.56 Å². The SMILES string of the molecule is Cc1ccc(O[C@@H]2CCCC[C@H]2O)cc1. The van der Waals surface area contributed by atoms with Crippen molar-refractivity contribution < 1.29 is 9.84 Å². The molecule has 0 amide bonds. The lowest BCUT2D eigenvalue weighted by Crippen LogP contribution is -2.34. The summed E-state index contributed by atoms with van der Waals surface area (Å²) in [6, 6.07) is 8.00. The summed E-state index contributed by atoms with van der Waals surface area (Å²) in [5, 5.41) is 9.76. The summed E-state index contributed by atoms with van der Waals surface area (Å²) in [6.07, 6.45) is 3.81. The Hall–Kier alpha value is -1.02. The Labute approximate surface area is 90.9 Å². The van der Waals surface area contributed by atoms with E-state index < -0.39 is 0 Å². The van der Waals surface area contributed by atoms with Gasteiger partial charge in [0.05, 0.1) is 6.10 Å². The minimum Gasteiger partial charge on any atom is -0.488 e. The zero-order chi connectivity index (χ0) is 10.7. The molecule has 0 spiro atoms. The van der Waals surface area contributed by atoms with Gasteiger partial charge in [0.15, 0.2) is 0 Å². The Morgan fingerprint density at radius 2 is 1.80 bits per heavy atom. The molecule has 1 fully saturated rings. The molecule has 82 valence electrons. The molecule has 2 atom stereocenters. The van der Waals surface area contributed by atoms with Crippen molar-refractivity contribution in [2.24, 2.45) is 0 Å². The first kappa shape index (κ1) is 10.5. The van der Waals surface area contributed by atoms with Crippen molar-refractivity contribution in [3.05, 3.63) is 29.8 Å². The summed E-state index contributed by atoms with van der Waals surface area (Å²) >= 11 is 0. The van der Waals surface area contributed by atoms with Gasteiger partial charge in [-0.05, 0) is 38.3 Å². The molecule has 2 rings (SSSR count). The van der Waals surface area contributed by atoms with E-state index in [-0.39, 0.29) is 12.2 Å². The molecule has 0 radical (unpaired) electrons. The highest BCUT2D eigenvalue weighted by Gasteiger charge is 2.24. The summed E-state index contributed by atoms with van der Waals surface area (Å²) in [6.45, 7) is 2.05. The van der Waals surface area contributed by atoms with Crippen LogP contribution in [-0.2, 0) is 0 Å². The summed E-state index contributed by atoms with van der Waals surface area (Å²) < 4.78 is 5.77. The molecule has 1 aromatic carbocycles. The number of benzene rings is 1. The number of aliphatic hydroxyl groups excluding tert-OH is 1. The fraction of sp³-hybridized carbons (Fsp3) is 0.538. The molecule has 1 aliphatic rings. The van der Waals surface area contributed by atoms with Gasteiger partial charge < -0.3 is 9.84 Å². The molecule has 0 aliphatic heterocycles. The van der Waals surface area contributed by atoms with Crippen LogP contribution in [0.1, 0.15) is 31.2 Å².